The molecule has 1 N–H and O–H groups in total. The summed E-state index contributed by atoms with van der Waals surface area (Å²) < 4.78 is 45.7. The van der Waals surface area contributed by atoms with Gasteiger partial charge >= 0.3 is 6.18 Å². The van der Waals surface area contributed by atoms with E-state index in [-0.39, 0.29) is 23.6 Å². The summed E-state index contributed by atoms with van der Waals surface area (Å²) in [6.07, 6.45) is -1.56. The number of anilines is 2. The first-order chi connectivity index (χ1) is 16.4. The molecule has 0 aliphatic rings. The van der Waals surface area contributed by atoms with Gasteiger partial charge in [0.15, 0.2) is 11.5 Å². The Kier molecular flexibility index (Phi) is 5.50. The molecule has 0 aliphatic heterocycles. The van der Waals surface area contributed by atoms with Gasteiger partial charge in [0.25, 0.3) is 0 Å². The maximum Gasteiger partial charge on any atom is 0.418 e. The number of fused-ring (bicyclic) bond motifs is 2. The number of rotatable bonds is 5. The fourth-order valence-corrected chi connectivity index (χ4v) is 3.59. The lowest BCUT2D eigenvalue weighted by Gasteiger charge is -2.13. The van der Waals surface area contributed by atoms with Crippen LogP contribution < -0.4 is 5.32 Å². The molecular formula is C24H17F3N6O. The minimum absolute atomic E-state index is 0.0587. The van der Waals surface area contributed by atoms with Crippen LogP contribution in [-0.4, -0.2) is 32.0 Å². The molecule has 170 valence electrons. The Balaban J connectivity index is 1.62. The third kappa shape index (κ3) is 4.23. The van der Waals surface area contributed by atoms with Crippen LogP contribution in [0.3, 0.4) is 0 Å². The van der Waals surface area contributed by atoms with Crippen LogP contribution in [0.2, 0.25) is 0 Å². The van der Waals surface area contributed by atoms with Gasteiger partial charge in [-0.25, -0.2) is 15.0 Å². The van der Waals surface area contributed by atoms with Gasteiger partial charge in [0, 0.05) is 30.6 Å². The lowest BCUT2D eigenvalue weighted by Crippen LogP contribution is -2.09. The standard InChI is InChI=1S/C24H17F3N6O/c1-34-13-20-32-22(30-15-7-6-14-4-2-10-28-19(14)12-15)16-8-9-18(31-23(16)33-20)21-17(24(25,26)27)5-3-11-29-21/h2-12H,13H2,1H3,(H,30,31,32,33). The number of nitrogens with zero attached hydrogens (tertiary/aromatic N) is 5. The van der Waals surface area contributed by atoms with Gasteiger partial charge < -0.3 is 10.1 Å². The molecule has 0 bridgehead atoms. The highest BCUT2D eigenvalue weighted by atomic mass is 19.4. The molecule has 0 saturated carbocycles. The number of hydrogen-bond acceptors (Lipinski definition) is 7. The molecule has 0 amide bonds. The number of aromatic nitrogens is 5. The van der Waals surface area contributed by atoms with Crippen molar-refractivity contribution in [3.8, 4) is 11.4 Å². The molecular weight excluding hydrogens is 445 g/mol. The average Bonchev–Trinajstić information content (AvgIpc) is 2.83. The van der Waals surface area contributed by atoms with E-state index >= 15 is 0 Å². The van der Waals surface area contributed by atoms with Gasteiger partial charge in [-0.05, 0) is 42.5 Å². The van der Waals surface area contributed by atoms with Crippen LogP contribution >= 0.6 is 0 Å². The summed E-state index contributed by atoms with van der Waals surface area (Å²) in [6.45, 7) is 0.104. The zero-order chi connectivity index (χ0) is 23.7. The largest absolute Gasteiger partial charge is 0.418 e. The first-order valence-corrected chi connectivity index (χ1v) is 10.2. The van der Waals surface area contributed by atoms with E-state index < -0.39 is 11.7 Å². The normalized spacial score (nSPS) is 11.8. The second-order valence-corrected chi connectivity index (χ2v) is 7.42. The van der Waals surface area contributed by atoms with E-state index in [4.69, 9.17) is 4.74 Å². The highest BCUT2D eigenvalue weighted by molar-refractivity contribution is 5.91. The van der Waals surface area contributed by atoms with Crippen LogP contribution in [-0.2, 0) is 17.5 Å². The summed E-state index contributed by atoms with van der Waals surface area (Å²) in [7, 11) is 1.50. The summed E-state index contributed by atoms with van der Waals surface area (Å²) in [5, 5.41) is 4.78. The lowest BCUT2D eigenvalue weighted by atomic mass is 10.1. The molecule has 5 aromatic rings. The van der Waals surface area contributed by atoms with Crippen molar-refractivity contribution in [1.82, 2.24) is 24.9 Å². The van der Waals surface area contributed by atoms with Crippen molar-refractivity contribution < 1.29 is 17.9 Å². The summed E-state index contributed by atoms with van der Waals surface area (Å²) in [6, 6.07) is 14.8. The SMILES string of the molecule is COCc1nc(Nc2ccc3cccnc3c2)c2ccc(-c3ncccc3C(F)(F)F)nc2n1. The molecule has 0 aliphatic carbocycles. The Morgan fingerprint density at radius 3 is 2.56 bits per heavy atom. The fraction of sp³-hybridized carbons (Fsp3) is 0.125. The Morgan fingerprint density at radius 1 is 0.912 bits per heavy atom. The molecule has 0 atom stereocenters. The molecule has 10 heteroatoms. The monoisotopic (exact) mass is 462 g/mol. The molecule has 34 heavy (non-hydrogen) atoms. The third-order valence-corrected chi connectivity index (χ3v) is 5.10. The molecule has 0 spiro atoms. The van der Waals surface area contributed by atoms with Gasteiger partial charge in [-0.15, -0.1) is 0 Å². The number of halogens is 3. The predicted octanol–water partition coefficient (Wildman–Crippen LogP) is 5.54. The van der Waals surface area contributed by atoms with Crippen LogP contribution in [0, 0.1) is 0 Å². The maximum atomic E-state index is 13.5. The van der Waals surface area contributed by atoms with Gasteiger partial charge in [-0.3, -0.25) is 9.97 Å². The minimum atomic E-state index is -4.57. The third-order valence-electron chi connectivity index (χ3n) is 5.10. The minimum Gasteiger partial charge on any atom is -0.377 e. The summed E-state index contributed by atoms with van der Waals surface area (Å²) >= 11 is 0. The van der Waals surface area contributed by atoms with Gasteiger partial charge in [-0.1, -0.05) is 12.1 Å². The van der Waals surface area contributed by atoms with Gasteiger partial charge in [0.2, 0.25) is 0 Å². The highest BCUT2D eigenvalue weighted by Crippen LogP contribution is 2.36. The predicted molar refractivity (Wildman–Crippen MR) is 121 cm³/mol. The number of hydrogen-bond donors (Lipinski definition) is 1. The summed E-state index contributed by atoms with van der Waals surface area (Å²) in [4.78, 5) is 21.6. The number of methoxy groups -OCH3 is 1. The fourth-order valence-electron chi connectivity index (χ4n) is 3.59. The van der Waals surface area contributed by atoms with Gasteiger partial charge in [-0.2, -0.15) is 13.2 Å². The number of benzene rings is 1. The second kappa shape index (κ2) is 8.64. The van der Waals surface area contributed by atoms with Crippen molar-refractivity contribution >= 4 is 33.4 Å². The van der Waals surface area contributed by atoms with E-state index in [0.29, 0.717) is 17.0 Å². The number of ether oxygens (including phenoxy) is 1. The van der Waals surface area contributed by atoms with Crippen molar-refractivity contribution in [2.45, 2.75) is 12.8 Å². The molecule has 0 unspecified atom stereocenters. The highest BCUT2D eigenvalue weighted by Gasteiger charge is 2.34. The smallest absolute Gasteiger partial charge is 0.377 e. The lowest BCUT2D eigenvalue weighted by molar-refractivity contribution is -0.137. The molecule has 0 radical (unpaired) electrons. The number of nitrogens with one attached hydrogen (secondary N) is 1. The van der Waals surface area contributed by atoms with Crippen molar-refractivity contribution in [3.63, 3.8) is 0 Å². The van der Waals surface area contributed by atoms with Crippen molar-refractivity contribution in [2.75, 3.05) is 12.4 Å². The topological polar surface area (TPSA) is 85.7 Å². The Morgan fingerprint density at radius 2 is 1.74 bits per heavy atom. The van der Waals surface area contributed by atoms with E-state index in [0.717, 1.165) is 22.7 Å². The molecule has 0 fully saturated rings. The van der Waals surface area contributed by atoms with E-state index in [1.807, 2.05) is 30.3 Å². The zero-order valence-electron chi connectivity index (χ0n) is 17.8. The van der Waals surface area contributed by atoms with Crippen LogP contribution in [0.15, 0.2) is 67.0 Å². The van der Waals surface area contributed by atoms with Gasteiger partial charge in [0.1, 0.15) is 18.1 Å². The van der Waals surface area contributed by atoms with Crippen molar-refractivity contribution in [2.24, 2.45) is 0 Å². The molecule has 7 nitrogen and oxygen atoms in total. The summed E-state index contributed by atoms with van der Waals surface area (Å²) in [5.41, 5.74) is 0.693. The van der Waals surface area contributed by atoms with Crippen LogP contribution in [0.1, 0.15) is 11.4 Å². The zero-order valence-corrected chi connectivity index (χ0v) is 17.8. The van der Waals surface area contributed by atoms with E-state index in [1.165, 1.54) is 25.4 Å². The molecule has 4 aromatic heterocycles. The number of pyridine rings is 3. The molecule has 4 heterocycles. The first-order valence-electron chi connectivity index (χ1n) is 10.2. The van der Waals surface area contributed by atoms with Crippen LogP contribution in [0.5, 0.6) is 0 Å². The van der Waals surface area contributed by atoms with Crippen molar-refractivity contribution in [3.05, 3.63) is 78.4 Å². The molecule has 5 rings (SSSR count). The first kappa shape index (κ1) is 21.7. The average molecular weight is 462 g/mol. The molecule has 1 aromatic carbocycles. The van der Waals surface area contributed by atoms with Crippen LogP contribution in [0.4, 0.5) is 24.7 Å². The van der Waals surface area contributed by atoms with Gasteiger partial charge in [0.05, 0.1) is 22.2 Å². The quantitative estimate of drug-likeness (QED) is 0.367. The van der Waals surface area contributed by atoms with E-state index in [9.17, 15) is 13.2 Å². The molecule has 0 saturated heterocycles. The van der Waals surface area contributed by atoms with Crippen molar-refractivity contribution in [1.29, 1.82) is 0 Å². The Labute approximate surface area is 191 Å². The Hall–Kier alpha value is -4.18. The summed E-state index contributed by atoms with van der Waals surface area (Å²) in [5.74, 6) is 0.779. The van der Waals surface area contributed by atoms with E-state index in [1.54, 1.807) is 12.3 Å². The van der Waals surface area contributed by atoms with Crippen LogP contribution in [0.25, 0.3) is 33.3 Å². The maximum absolute atomic E-state index is 13.5. The second-order valence-electron chi connectivity index (χ2n) is 7.42. The van der Waals surface area contributed by atoms with E-state index in [2.05, 4.69) is 30.2 Å². The Bertz CT molecular complexity index is 1510. The number of alkyl halides is 3.